The van der Waals surface area contributed by atoms with Gasteiger partial charge in [-0.3, -0.25) is 0 Å². The molecule has 70 heavy (non-hydrogen) atoms. The van der Waals surface area contributed by atoms with E-state index < -0.39 is 0 Å². The topological polar surface area (TPSA) is 20.2 Å². The molecule has 0 amide bonds. The second-order valence-corrected chi connectivity index (χ2v) is 22.7. The summed E-state index contributed by atoms with van der Waals surface area (Å²) in [6.07, 6.45) is 86.9. The molecule has 10 atom stereocenters. The SMILES string of the molecule is CC1(C)C2C=C(C3=CC(C4=CC=CCC4)C(NC4CC=CCC4)C=C3)C=CC2N(C2=CC=C(C3=CC=CC4C=CC=CC34)CC2)C2C=CC(C3C=c4c5c(n(C6=CC=CCC6)c4=CC3)C=CCC5)=CC21. The van der Waals surface area contributed by atoms with Crippen molar-refractivity contribution in [2.24, 2.45) is 40.9 Å². The van der Waals surface area contributed by atoms with E-state index in [9.17, 15) is 0 Å². The van der Waals surface area contributed by atoms with E-state index in [1.807, 2.05) is 0 Å². The van der Waals surface area contributed by atoms with Crippen LogP contribution in [0.25, 0.3) is 23.9 Å². The monoisotopic (exact) mass is 918 g/mol. The summed E-state index contributed by atoms with van der Waals surface area (Å²) in [7, 11) is 0. The first kappa shape index (κ1) is 44.1. The Labute approximate surface area is 417 Å². The summed E-state index contributed by atoms with van der Waals surface area (Å²) in [5, 5.41) is 7.03. The highest BCUT2D eigenvalue weighted by molar-refractivity contribution is 5.66. The number of likely N-dealkylation sites (tertiary alicyclic amines) is 1. The van der Waals surface area contributed by atoms with Crippen molar-refractivity contribution in [3.8, 4) is 0 Å². The molecule has 0 bridgehead atoms. The lowest BCUT2D eigenvalue weighted by Gasteiger charge is -2.59. The van der Waals surface area contributed by atoms with E-state index in [2.05, 4.69) is 211 Å². The molecule has 2 heterocycles. The van der Waals surface area contributed by atoms with Gasteiger partial charge in [0.2, 0.25) is 0 Å². The minimum absolute atomic E-state index is 0.00853. The van der Waals surface area contributed by atoms with Crippen molar-refractivity contribution in [2.75, 3.05) is 0 Å². The second kappa shape index (κ2) is 18.4. The van der Waals surface area contributed by atoms with Crippen LogP contribution in [0.15, 0.2) is 203 Å². The zero-order valence-corrected chi connectivity index (χ0v) is 41.5. The molecule has 1 N–H and O–H groups in total. The van der Waals surface area contributed by atoms with Gasteiger partial charge in [-0.1, -0.05) is 183 Å². The Hall–Kier alpha value is -5.90. The summed E-state index contributed by atoms with van der Waals surface area (Å²) in [5.41, 5.74) is 14.7. The number of aromatic nitrogens is 1. The van der Waals surface area contributed by atoms with Crippen LogP contribution in [-0.2, 0) is 6.42 Å². The number of nitrogens with zero attached hydrogens (tertiary/aromatic N) is 2. The fourth-order valence-corrected chi connectivity index (χ4v) is 14.6. The van der Waals surface area contributed by atoms with Crippen LogP contribution in [0.2, 0.25) is 0 Å². The maximum absolute atomic E-state index is 4.12. The van der Waals surface area contributed by atoms with E-state index in [0.717, 1.165) is 64.2 Å². The molecule has 1 aliphatic heterocycles. The Balaban J connectivity index is 0.868. The third kappa shape index (κ3) is 7.83. The van der Waals surface area contributed by atoms with Crippen LogP contribution in [0.1, 0.15) is 95.7 Å². The number of allylic oxidation sites excluding steroid dienone is 27. The van der Waals surface area contributed by atoms with E-state index >= 15 is 0 Å². The smallest absolute Gasteiger partial charge is 0.0548 e. The molecule has 0 saturated carbocycles. The largest absolute Gasteiger partial charge is 0.361 e. The van der Waals surface area contributed by atoms with E-state index in [-0.39, 0.29) is 17.5 Å². The first-order valence-corrected chi connectivity index (χ1v) is 27.3. The summed E-state index contributed by atoms with van der Waals surface area (Å²) < 4.78 is 2.61. The van der Waals surface area contributed by atoms with Gasteiger partial charge in [0.25, 0.3) is 0 Å². The Morgan fingerprint density at radius 2 is 1.40 bits per heavy atom. The van der Waals surface area contributed by atoms with E-state index in [1.54, 1.807) is 11.1 Å². The molecule has 0 radical (unpaired) electrons. The highest BCUT2D eigenvalue weighted by Crippen LogP contribution is 2.55. The average Bonchev–Trinajstić information content (AvgIpc) is 3.75. The van der Waals surface area contributed by atoms with Crippen molar-refractivity contribution >= 4 is 23.9 Å². The molecule has 354 valence electrons. The lowest BCUT2D eigenvalue weighted by atomic mass is 9.57. The quantitative estimate of drug-likeness (QED) is 0.262. The highest BCUT2D eigenvalue weighted by Gasteiger charge is 2.53. The van der Waals surface area contributed by atoms with Crippen LogP contribution in [0.4, 0.5) is 0 Å². The third-order valence-electron chi connectivity index (χ3n) is 18.4. The molecular weight excluding hydrogens is 847 g/mol. The van der Waals surface area contributed by atoms with Gasteiger partial charge in [-0.15, -0.1) is 0 Å². The first-order valence-electron chi connectivity index (χ1n) is 27.3. The zero-order valence-electron chi connectivity index (χ0n) is 41.5. The van der Waals surface area contributed by atoms with Gasteiger partial charge < -0.3 is 14.8 Å². The molecule has 11 aliphatic carbocycles. The normalized spacial score (nSPS) is 33.9. The fourth-order valence-electron chi connectivity index (χ4n) is 14.6. The van der Waals surface area contributed by atoms with Gasteiger partial charge in [-0.25, -0.2) is 0 Å². The molecule has 10 unspecified atom stereocenters. The molecule has 1 aromatic heterocycles. The Kier molecular flexibility index (Phi) is 11.6. The summed E-state index contributed by atoms with van der Waals surface area (Å²) >= 11 is 0. The van der Waals surface area contributed by atoms with E-state index in [4.69, 9.17) is 0 Å². The lowest BCUT2D eigenvalue weighted by molar-refractivity contribution is -0.00276. The minimum Gasteiger partial charge on any atom is -0.361 e. The van der Waals surface area contributed by atoms with Crippen molar-refractivity contribution in [1.82, 2.24) is 14.8 Å². The molecule has 3 nitrogen and oxygen atoms in total. The standard InChI is InChI=1S/C67H71N3/c1-67(2)60-43-50(48-31-37-62(68-52-21-8-4-9-22-52)58(41-48)46-17-6-3-7-18-46)33-39-65(60)70(54-35-29-47(30-36-54)56-27-16-20-45-19-12-13-25-55(45)56)66-40-34-51(44-61(66)67)49-32-38-64-59(42-49)57-26-14-15-28-63(57)69(64)53-23-10-5-11-24-53/h3-6,8,10,12-13,15-17,19-20,23,25,27-29,31,33-35,37-45,49,52,55,58,60-62,65-66,68H,7,9,11,14,18,21-22,24,26,30,32,36H2,1-2H3. The van der Waals surface area contributed by atoms with Gasteiger partial charge in [0, 0.05) is 75.2 Å². The molecule has 1 saturated heterocycles. The van der Waals surface area contributed by atoms with E-state index in [0.29, 0.717) is 47.6 Å². The number of nitrogens with one attached hydrogen (secondary N) is 1. The van der Waals surface area contributed by atoms with Gasteiger partial charge in [-0.05, 0) is 134 Å². The molecular formula is C67H71N3. The van der Waals surface area contributed by atoms with Crippen LogP contribution in [0.5, 0.6) is 0 Å². The molecule has 13 rings (SSSR count). The predicted molar refractivity (Wildman–Crippen MR) is 294 cm³/mol. The zero-order chi connectivity index (χ0) is 46.8. The van der Waals surface area contributed by atoms with Crippen molar-refractivity contribution in [2.45, 2.75) is 115 Å². The van der Waals surface area contributed by atoms with Gasteiger partial charge in [-0.2, -0.15) is 0 Å². The second-order valence-electron chi connectivity index (χ2n) is 22.7. The summed E-state index contributed by atoms with van der Waals surface area (Å²) in [6.45, 7) is 5.21. The predicted octanol–water partition coefficient (Wildman–Crippen LogP) is 13.4. The summed E-state index contributed by atoms with van der Waals surface area (Å²) in [6, 6.07) is 1.42. The fraction of sp³-hybridized carbons (Fsp3) is 0.373. The van der Waals surface area contributed by atoms with Crippen LogP contribution in [0, 0.1) is 40.9 Å². The van der Waals surface area contributed by atoms with Gasteiger partial charge >= 0.3 is 0 Å². The first-order chi connectivity index (χ1) is 34.5. The minimum atomic E-state index is 0.00853. The number of piperidine rings is 1. The van der Waals surface area contributed by atoms with E-state index in [1.165, 1.54) is 68.4 Å². The Morgan fingerprint density at radius 3 is 2.23 bits per heavy atom. The maximum Gasteiger partial charge on any atom is 0.0548 e. The Morgan fingerprint density at radius 1 is 0.586 bits per heavy atom. The number of hydrogen-bond donors (Lipinski definition) is 1. The Bertz CT molecular complexity index is 3060. The number of fused-ring (bicyclic) bond motifs is 6. The van der Waals surface area contributed by atoms with Crippen molar-refractivity contribution in [3.05, 3.63) is 225 Å². The average molecular weight is 918 g/mol. The van der Waals surface area contributed by atoms with Crippen molar-refractivity contribution < 1.29 is 0 Å². The van der Waals surface area contributed by atoms with Crippen LogP contribution in [0.3, 0.4) is 0 Å². The highest BCUT2D eigenvalue weighted by atomic mass is 15.2. The molecule has 3 heteroatoms. The molecule has 0 aromatic carbocycles. The van der Waals surface area contributed by atoms with Gasteiger partial charge in [0.05, 0.1) is 12.1 Å². The van der Waals surface area contributed by atoms with Crippen molar-refractivity contribution in [1.29, 1.82) is 0 Å². The number of rotatable bonds is 8. The van der Waals surface area contributed by atoms with Crippen LogP contribution in [-0.4, -0.2) is 33.6 Å². The van der Waals surface area contributed by atoms with Crippen LogP contribution >= 0.6 is 0 Å². The third-order valence-corrected chi connectivity index (χ3v) is 18.4. The summed E-state index contributed by atoms with van der Waals surface area (Å²) in [4.78, 5) is 2.89. The summed E-state index contributed by atoms with van der Waals surface area (Å²) in [5.74, 6) is 2.31. The number of hydrogen-bond acceptors (Lipinski definition) is 2. The lowest BCUT2D eigenvalue weighted by Crippen LogP contribution is -2.60. The maximum atomic E-state index is 4.12. The van der Waals surface area contributed by atoms with Crippen molar-refractivity contribution in [3.63, 3.8) is 0 Å². The van der Waals surface area contributed by atoms with Gasteiger partial charge in [0.1, 0.15) is 0 Å². The van der Waals surface area contributed by atoms with Gasteiger partial charge in [0.15, 0.2) is 0 Å². The van der Waals surface area contributed by atoms with Crippen LogP contribution < -0.4 is 15.9 Å². The molecule has 1 fully saturated rings. The molecule has 12 aliphatic rings. The molecule has 1 aromatic rings. The molecule has 0 spiro atoms.